The second-order valence-corrected chi connectivity index (χ2v) is 4.82. The van der Waals surface area contributed by atoms with Crippen LogP contribution in [0.4, 0.5) is 5.69 Å². The summed E-state index contributed by atoms with van der Waals surface area (Å²) in [6, 6.07) is 19.0. The lowest BCUT2D eigenvalue weighted by molar-refractivity contribution is 0.102. The highest BCUT2D eigenvalue weighted by atomic mass is 16.3. The number of hydrogen-bond donors (Lipinski definition) is 2. The van der Waals surface area contributed by atoms with Crippen LogP contribution >= 0.6 is 0 Å². The van der Waals surface area contributed by atoms with Crippen molar-refractivity contribution in [3.63, 3.8) is 0 Å². The number of amides is 1. The topological polar surface area (TPSA) is 73.1 Å². The molecule has 3 aromatic carbocycles. The minimum Gasteiger partial charge on any atom is -0.507 e. The molecule has 2 N–H and O–H groups in total. The molecule has 0 aliphatic rings. The van der Waals surface area contributed by atoms with Crippen LogP contribution in [0, 0.1) is 11.3 Å². The molecule has 0 aliphatic heterocycles. The van der Waals surface area contributed by atoms with Crippen molar-refractivity contribution in [2.75, 3.05) is 5.32 Å². The van der Waals surface area contributed by atoms with Gasteiger partial charge in [0.05, 0.1) is 11.6 Å². The summed E-state index contributed by atoms with van der Waals surface area (Å²) in [5.74, 6) is -0.131. The van der Waals surface area contributed by atoms with Crippen LogP contribution in [0.1, 0.15) is 15.9 Å². The Morgan fingerprint density at radius 1 is 1.00 bits per heavy atom. The fourth-order valence-corrected chi connectivity index (χ4v) is 2.33. The number of aromatic hydroxyl groups is 1. The van der Waals surface area contributed by atoms with Gasteiger partial charge >= 0.3 is 0 Å². The quantitative estimate of drug-likeness (QED) is 0.755. The van der Waals surface area contributed by atoms with Gasteiger partial charge in [-0.15, -0.1) is 0 Å². The predicted octanol–water partition coefficient (Wildman–Crippen LogP) is 3.67. The van der Waals surface area contributed by atoms with Crippen LogP contribution in [-0.2, 0) is 0 Å². The van der Waals surface area contributed by atoms with Crippen molar-refractivity contribution >= 4 is 22.4 Å². The van der Waals surface area contributed by atoms with Gasteiger partial charge in [0.25, 0.3) is 5.91 Å². The van der Waals surface area contributed by atoms with Crippen LogP contribution in [-0.4, -0.2) is 11.0 Å². The summed E-state index contributed by atoms with van der Waals surface area (Å²) in [7, 11) is 0. The molecule has 0 aromatic heterocycles. The molecule has 0 unspecified atom stereocenters. The van der Waals surface area contributed by atoms with Crippen molar-refractivity contribution < 1.29 is 9.90 Å². The van der Waals surface area contributed by atoms with E-state index in [-0.39, 0.29) is 11.7 Å². The Morgan fingerprint density at radius 2 is 1.73 bits per heavy atom. The maximum atomic E-state index is 12.3. The van der Waals surface area contributed by atoms with Gasteiger partial charge in [-0.05, 0) is 30.3 Å². The Balaban J connectivity index is 1.98. The zero-order valence-electron chi connectivity index (χ0n) is 11.6. The largest absolute Gasteiger partial charge is 0.507 e. The Kier molecular flexibility index (Phi) is 3.47. The molecule has 106 valence electrons. The first-order chi connectivity index (χ1) is 10.7. The lowest BCUT2D eigenvalue weighted by atomic mass is 10.1. The maximum Gasteiger partial charge on any atom is 0.255 e. The molecule has 0 radical (unpaired) electrons. The van der Waals surface area contributed by atoms with E-state index >= 15 is 0 Å². The van der Waals surface area contributed by atoms with Gasteiger partial charge in [0.1, 0.15) is 5.75 Å². The first kappa shape index (κ1) is 13.7. The number of fused-ring (bicyclic) bond motifs is 1. The van der Waals surface area contributed by atoms with Crippen LogP contribution in [0.5, 0.6) is 5.75 Å². The average Bonchev–Trinajstić information content (AvgIpc) is 2.56. The number of rotatable bonds is 2. The number of benzene rings is 3. The summed E-state index contributed by atoms with van der Waals surface area (Å²) in [4.78, 5) is 12.3. The Labute approximate surface area is 127 Å². The number of nitrogens with one attached hydrogen (secondary N) is 1. The van der Waals surface area contributed by atoms with Gasteiger partial charge in [-0.1, -0.05) is 30.3 Å². The molecule has 0 bridgehead atoms. The highest BCUT2D eigenvalue weighted by Gasteiger charge is 2.10. The maximum absolute atomic E-state index is 12.3. The Hall–Kier alpha value is -3.32. The molecular formula is C18H12N2O2. The third-order valence-corrected chi connectivity index (χ3v) is 3.40. The zero-order valence-corrected chi connectivity index (χ0v) is 11.6. The number of phenolic OH excluding ortho intramolecular Hbond substituents is 1. The minimum atomic E-state index is -0.298. The molecular weight excluding hydrogens is 276 g/mol. The monoisotopic (exact) mass is 288 g/mol. The van der Waals surface area contributed by atoms with Crippen molar-refractivity contribution in [3.8, 4) is 11.8 Å². The lowest BCUT2D eigenvalue weighted by Gasteiger charge is -2.09. The van der Waals surface area contributed by atoms with E-state index in [1.165, 1.54) is 6.07 Å². The predicted molar refractivity (Wildman–Crippen MR) is 84.7 cm³/mol. The van der Waals surface area contributed by atoms with Crippen molar-refractivity contribution in [1.82, 2.24) is 0 Å². The van der Waals surface area contributed by atoms with Crippen LogP contribution < -0.4 is 5.32 Å². The minimum absolute atomic E-state index is 0.167. The van der Waals surface area contributed by atoms with E-state index < -0.39 is 0 Å². The van der Waals surface area contributed by atoms with E-state index in [4.69, 9.17) is 5.26 Å². The van der Waals surface area contributed by atoms with Crippen LogP contribution in [0.2, 0.25) is 0 Å². The second-order valence-electron chi connectivity index (χ2n) is 4.82. The molecule has 0 saturated heterocycles. The summed E-state index contributed by atoms with van der Waals surface area (Å²) in [6.07, 6.45) is 0. The Bertz CT molecular complexity index is 910. The average molecular weight is 288 g/mol. The molecule has 0 saturated carbocycles. The van der Waals surface area contributed by atoms with E-state index in [2.05, 4.69) is 5.32 Å². The normalized spacial score (nSPS) is 10.1. The second kappa shape index (κ2) is 5.58. The third kappa shape index (κ3) is 2.48. The number of carbonyl (C=O) groups excluding carboxylic acids is 1. The van der Waals surface area contributed by atoms with E-state index in [1.807, 2.05) is 12.1 Å². The van der Waals surface area contributed by atoms with Crippen molar-refractivity contribution in [3.05, 3.63) is 71.8 Å². The molecule has 0 fully saturated rings. The lowest BCUT2D eigenvalue weighted by Crippen LogP contribution is -2.12. The number of carbonyl (C=O) groups is 1. The number of hydrogen-bond acceptors (Lipinski definition) is 3. The highest BCUT2D eigenvalue weighted by Crippen LogP contribution is 2.30. The summed E-state index contributed by atoms with van der Waals surface area (Å²) in [5, 5.41) is 23.0. The number of anilines is 1. The van der Waals surface area contributed by atoms with Gasteiger partial charge in [-0.25, -0.2) is 0 Å². The highest BCUT2D eigenvalue weighted by molar-refractivity contribution is 6.10. The summed E-state index contributed by atoms with van der Waals surface area (Å²) >= 11 is 0. The molecule has 0 spiro atoms. The molecule has 4 nitrogen and oxygen atoms in total. The molecule has 0 aliphatic carbocycles. The SMILES string of the molecule is N#Cc1cccc(C(=O)Nc2cccc3c(O)cccc23)c1. The zero-order chi connectivity index (χ0) is 15.5. The van der Waals surface area contributed by atoms with Gasteiger partial charge < -0.3 is 10.4 Å². The molecule has 3 aromatic rings. The van der Waals surface area contributed by atoms with Gasteiger partial charge in [-0.2, -0.15) is 5.26 Å². The number of nitriles is 1. The summed E-state index contributed by atoms with van der Waals surface area (Å²) in [5.41, 5.74) is 1.46. The van der Waals surface area contributed by atoms with E-state index in [0.29, 0.717) is 22.2 Å². The first-order valence-electron chi connectivity index (χ1n) is 6.71. The van der Waals surface area contributed by atoms with Crippen LogP contribution in [0.15, 0.2) is 60.7 Å². The van der Waals surface area contributed by atoms with E-state index in [0.717, 1.165) is 5.39 Å². The van der Waals surface area contributed by atoms with Crippen molar-refractivity contribution in [2.45, 2.75) is 0 Å². The van der Waals surface area contributed by atoms with Crippen LogP contribution in [0.25, 0.3) is 10.8 Å². The fraction of sp³-hybridized carbons (Fsp3) is 0. The smallest absolute Gasteiger partial charge is 0.255 e. The molecule has 0 heterocycles. The van der Waals surface area contributed by atoms with E-state index in [1.54, 1.807) is 48.5 Å². The molecule has 1 amide bonds. The summed E-state index contributed by atoms with van der Waals surface area (Å²) in [6.45, 7) is 0. The number of nitrogens with zero attached hydrogens (tertiary/aromatic N) is 1. The molecule has 0 atom stereocenters. The van der Waals surface area contributed by atoms with E-state index in [9.17, 15) is 9.90 Å². The van der Waals surface area contributed by atoms with Crippen LogP contribution in [0.3, 0.4) is 0 Å². The van der Waals surface area contributed by atoms with Crippen molar-refractivity contribution in [2.24, 2.45) is 0 Å². The summed E-state index contributed by atoms with van der Waals surface area (Å²) < 4.78 is 0. The molecule has 22 heavy (non-hydrogen) atoms. The fourth-order valence-electron chi connectivity index (χ4n) is 2.33. The Morgan fingerprint density at radius 3 is 2.55 bits per heavy atom. The number of phenols is 1. The third-order valence-electron chi connectivity index (χ3n) is 3.40. The first-order valence-corrected chi connectivity index (χ1v) is 6.71. The van der Waals surface area contributed by atoms with Crippen molar-refractivity contribution in [1.29, 1.82) is 5.26 Å². The molecule has 4 heteroatoms. The van der Waals surface area contributed by atoms with Gasteiger partial charge in [-0.3, -0.25) is 4.79 Å². The molecule has 3 rings (SSSR count). The van der Waals surface area contributed by atoms with Gasteiger partial charge in [0, 0.05) is 22.0 Å². The standard InChI is InChI=1S/C18H12N2O2/c19-11-12-4-1-5-13(10-12)18(22)20-16-8-2-7-15-14(16)6-3-9-17(15)21/h1-10,21H,(H,20,22). The van der Waals surface area contributed by atoms with Gasteiger partial charge in [0.2, 0.25) is 0 Å². The van der Waals surface area contributed by atoms with Gasteiger partial charge in [0.15, 0.2) is 0 Å².